The van der Waals surface area contributed by atoms with E-state index in [4.69, 9.17) is 4.74 Å². The Hall–Kier alpha value is -4.47. The van der Waals surface area contributed by atoms with Crippen LogP contribution in [0.1, 0.15) is 40.1 Å². The van der Waals surface area contributed by atoms with E-state index in [9.17, 15) is 19.7 Å². The molecule has 0 aliphatic heterocycles. The smallest absolute Gasteiger partial charge is 0.293 e. The molecule has 1 heterocycles. The van der Waals surface area contributed by atoms with Crippen LogP contribution in [0.4, 0.5) is 11.4 Å². The summed E-state index contributed by atoms with van der Waals surface area (Å²) in [5, 5.41) is 14.6. The highest BCUT2D eigenvalue weighted by molar-refractivity contribution is 5.96. The number of nitro benzene ring substituents is 1. The van der Waals surface area contributed by atoms with Crippen molar-refractivity contribution in [2.75, 3.05) is 11.9 Å². The van der Waals surface area contributed by atoms with Gasteiger partial charge >= 0.3 is 0 Å². The molecule has 2 aromatic carbocycles. The number of amides is 2. The zero-order valence-corrected chi connectivity index (χ0v) is 19.0. The summed E-state index contributed by atoms with van der Waals surface area (Å²) in [5.41, 5.74) is 7.04. The van der Waals surface area contributed by atoms with Crippen molar-refractivity contribution in [2.45, 2.75) is 26.8 Å². The van der Waals surface area contributed by atoms with Gasteiger partial charge < -0.3 is 10.1 Å². The first-order valence-electron chi connectivity index (χ1n) is 10.5. The van der Waals surface area contributed by atoms with Crippen LogP contribution >= 0.6 is 0 Å². The Labute approximate surface area is 196 Å². The molecule has 0 fully saturated rings. The highest BCUT2D eigenvalue weighted by Crippen LogP contribution is 2.29. The molecule has 3 N–H and O–H groups in total. The zero-order chi connectivity index (χ0) is 24.7. The van der Waals surface area contributed by atoms with Crippen molar-refractivity contribution in [1.29, 1.82) is 0 Å². The lowest BCUT2D eigenvalue weighted by atomic mass is 10.1. The van der Waals surface area contributed by atoms with Crippen molar-refractivity contribution >= 4 is 23.2 Å². The van der Waals surface area contributed by atoms with Crippen LogP contribution in [0.2, 0.25) is 0 Å². The molecule has 3 aromatic rings. The number of hydrogen-bond donors (Lipinski definition) is 3. The minimum atomic E-state index is -0.701. The first-order chi connectivity index (χ1) is 16.2. The third-order valence-electron chi connectivity index (χ3n) is 4.98. The number of ether oxygens (including phenoxy) is 1. The number of aryl methyl sites for hydroxylation is 2. The number of anilines is 1. The lowest BCUT2D eigenvalue weighted by Gasteiger charge is -2.15. The molecule has 10 heteroatoms. The molecule has 0 aliphatic carbocycles. The summed E-state index contributed by atoms with van der Waals surface area (Å²) in [6.45, 7) is 5.28. The highest BCUT2D eigenvalue weighted by atomic mass is 16.6. The van der Waals surface area contributed by atoms with E-state index in [1.807, 2.05) is 45.0 Å². The first kappa shape index (κ1) is 24.2. The fourth-order valence-corrected chi connectivity index (χ4v) is 3.13. The summed E-state index contributed by atoms with van der Waals surface area (Å²) in [7, 11) is 0. The molecular weight excluding hydrogens is 438 g/mol. The van der Waals surface area contributed by atoms with Gasteiger partial charge in [-0.25, -0.2) is 0 Å². The van der Waals surface area contributed by atoms with E-state index in [0.29, 0.717) is 11.4 Å². The fourth-order valence-electron chi connectivity index (χ4n) is 3.13. The van der Waals surface area contributed by atoms with Gasteiger partial charge in [0.15, 0.2) is 6.61 Å². The van der Waals surface area contributed by atoms with Crippen LogP contribution in [0, 0.1) is 24.0 Å². The third-order valence-corrected chi connectivity index (χ3v) is 4.98. The molecule has 2 amide bonds. The number of pyridine rings is 1. The topological polar surface area (TPSA) is 135 Å². The maximum absolute atomic E-state index is 12.4. The maximum Gasteiger partial charge on any atom is 0.293 e. The largest absolute Gasteiger partial charge is 0.483 e. The predicted molar refractivity (Wildman–Crippen MR) is 126 cm³/mol. The van der Waals surface area contributed by atoms with Gasteiger partial charge in [0.25, 0.3) is 17.5 Å². The van der Waals surface area contributed by atoms with Gasteiger partial charge in [-0.2, -0.15) is 0 Å². The molecule has 0 saturated heterocycles. The minimum absolute atomic E-state index is 0.0125. The van der Waals surface area contributed by atoms with Crippen molar-refractivity contribution in [3.63, 3.8) is 0 Å². The summed E-state index contributed by atoms with van der Waals surface area (Å²) in [5.74, 6) is -0.709. The highest BCUT2D eigenvalue weighted by Gasteiger charge is 2.20. The third kappa shape index (κ3) is 6.28. The molecule has 176 valence electrons. The van der Waals surface area contributed by atoms with Gasteiger partial charge in [-0.1, -0.05) is 18.2 Å². The molecule has 1 unspecified atom stereocenters. The number of carbonyl (C=O) groups is 2. The van der Waals surface area contributed by atoms with Crippen molar-refractivity contribution in [3.05, 3.63) is 93.3 Å². The van der Waals surface area contributed by atoms with E-state index in [1.165, 1.54) is 12.1 Å². The summed E-state index contributed by atoms with van der Waals surface area (Å²) >= 11 is 0. The van der Waals surface area contributed by atoms with Crippen LogP contribution in [0.15, 0.2) is 60.8 Å². The second kappa shape index (κ2) is 10.9. The van der Waals surface area contributed by atoms with E-state index in [0.717, 1.165) is 17.2 Å². The first-order valence-corrected chi connectivity index (χ1v) is 10.5. The monoisotopic (exact) mass is 463 g/mol. The van der Waals surface area contributed by atoms with Crippen LogP contribution in [-0.4, -0.2) is 28.3 Å². The van der Waals surface area contributed by atoms with Crippen LogP contribution in [0.25, 0.3) is 0 Å². The Morgan fingerprint density at radius 1 is 1.09 bits per heavy atom. The second-order valence-corrected chi connectivity index (χ2v) is 7.67. The van der Waals surface area contributed by atoms with Crippen molar-refractivity contribution in [2.24, 2.45) is 0 Å². The standard InChI is InChI=1S/C24H25N5O5/c1-15-7-8-16(2)22(12-15)34-14-23(30)27-28-24(31)18-9-10-20(21(13-18)29(32)33)26-17(3)19-6-4-5-11-25-19/h4-13,17,26H,14H2,1-3H3,(H,27,30)(H,28,31). The van der Waals surface area contributed by atoms with E-state index in [2.05, 4.69) is 21.2 Å². The fraction of sp³-hybridized carbons (Fsp3) is 0.208. The normalized spacial score (nSPS) is 11.3. The SMILES string of the molecule is Cc1ccc(C)c(OCC(=O)NNC(=O)c2ccc(NC(C)c3ccccn3)c([N+](=O)[O-])c2)c1. The molecule has 1 atom stereocenters. The summed E-state index contributed by atoms with van der Waals surface area (Å²) < 4.78 is 5.49. The van der Waals surface area contributed by atoms with Crippen molar-refractivity contribution < 1.29 is 19.2 Å². The maximum atomic E-state index is 12.4. The van der Waals surface area contributed by atoms with Gasteiger partial charge in [-0.15, -0.1) is 0 Å². The summed E-state index contributed by atoms with van der Waals surface area (Å²) in [6, 6.07) is 14.7. The number of benzene rings is 2. The Morgan fingerprint density at radius 2 is 1.88 bits per heavy atom. The molecular formula is C24H25N5O5. The van der Waals surface area contributed by atoms with E-state index in [-0.39, 0.29) is 29.6 Å². The van der Waals surface area contributed by atoms with Gasteiger partial charge in [-0.05, 0) is 62.2 Å². The Kier molecular flexibility index (Phi) is 7.75. The van der Waals surface area contributed by atoms with Gasteiger partial charge in [0.1, 0.15) is 11.4 Å². The molecule has 10 nitrogen and oxygen atoms in total. The average Bonchev–Trinajstić information content (AvgIpc) is 2.83. The number of aromatic nitrogens is 1. The zero-order valence-electron chi connectivity index (χ0n) is 19.0. The van der Waals surface area contributed by atoms with E-state index < -0.39 is 16.7 Å². The number of hydrazine groups is 1. The molecule has 0 aliphatic rings. The molecule has 0 radical (unpaired) electrons. The Morgan fingerprint density at radius 3 is 2.59 bits per heavy atom. The van der Waals surface area contributed by atoms with Gasteiger partial charge in [0.2, 0.25) is 0 Å². The van der Waals surface area contributed by atoms with Crippen LogP contribution in [0.3, 0.4) is 0 Å². The molecule has 0 saturated carbocycles. The van der Waals surface area contributed by atoms with Gasteiger partial charge in [0.05, 0.1) is 16.7 Å². The Bertz CT molecular complexity index is 1200. The van der Waals surface area contributed by atoms with Gasteiger partial charge in [0, 0.05) is 17.8 Å². The van der Waals surface area contributed by atoms with Gasteiger partial charge in [-0.3, -0.25) is 35.5 Å². The molecule has 3 rings (SSSR count). The predicted octanol–water partition coefficient (Wildman–Crippen LogP) is 3.62. The minimum Gasteiger partial charge on any atom is -0.483 e. The number of nitrogens with one attached hydrogen (secondary N) is 3. The van der Waals surface area contributed by atoms with Crippen LogP contribution in [-0.2, 0) is 4.79 Å². The van der Waals surface area contributed by atoms with E-state index in [1.54, 1.807) is 18.3 Å². The van der Waals surface area contributed by atoms with E-state index >= 15 is 0 Å². The lowest BCUT2D eigenvalue weighted by molar-refractivity contribution is -0.384. The van der Waals surface area contributed by atoms with Crippen molar-refractivity contribution in [1.82, 2.24) is 15.8 Å². The van der Waals surface area contributed by atoms with Crippen LogP contribution in [0.5, 0.6) is 5.75 Å². The van der Waals surface area contributed by atoms with Crippen molar-refractivity contribution in [3.8, 4) is 5.75 Å². The Balaban J connectivity index is 1.61. The molecule has 0 bridgehead atoms. The average molecular weight is 463 g/mol. The van der Waals surface area contributed by atoms with Crippen LogP contribution < -0.4 is 20.9 Å². The molecule has 1 aromatic heterocycles. The number of carbonyl (C=O) groups excluding carboxylic acids is 2. The number of rotatable bonds is 8. The number of nitrogens with zero attached hydrogens (tertiary/aromatic N) is 2. The molecule has 0 spiro atoms. The summed E-state index contributed by atoms with van der Waals surface area (Å²) in [4.78, 5) is 39.7. The molecule has 34 heavy (non-hydrogen) atoms. The lowest BCUT2D eigenvalue weighted by Crippen LogP contribution is -2.43. The second-order valence-electron chi connectivity index (χ2n) is 7.67. The summed E-state index contributed by atoms with van der Waals surface area (Å²) in [6.07, 6.45) is 1.64. The quantitative estimate of drug-likeness (QED) is 0.343. The number of hydrogen-bond acceptors (Lipinski definition) is 7. The number of nitro groups is 1.